The fourth-order valence-electron chi connectivity index (χ4n) is 1.71. The molecule has 2 aliphatic rings. The van der Waals surface area contributed by atoms with E-state index < -0.39 is 0 Å². The van der Waals surface area contributed by atoms with E-state index >= 15 is 0 Å². The van der Waals surface area contributed by atoms with Crippen molar-refractivity contribution in [1.82, 2.24) is 0 Å². The molecule has 2 nitrogen and oxygen atoms in total. The van der Waals surface area contributed by atoms with Gasteiger partial charge in [0, 0.05) is 10.7 Å². The smallest absolute Gasteiger partial charge is 0.0700 e. The van der Waals surface area contributed by atoms with Crippen LogP contribution in [0.4, 0.5) is 0 Å². The van der Waals surface area contributed by atoms with E-state index in [0.29, 0.717) is 5.41 Å². The molecule has 0 aromatic heterocycles. The van der Waals surface area contributed by atoms with Crippen molar-refractivity contribution >= 4 is 15.9 Å². The van der Waals surface area contributed by atoms with Crippen LogP contribution in [0.15, 0.2) is 0 Å². The summed E-state index contributed by atoms with van der Waals surface area (Å²) in [5, 5.41) is 1.10. The minimum atomic E-state index is 0.389. The summed E-state index contributed by atoms with van der Waals surface area (Å²) < 4.78 is 10.9. The molecule has 1 spiro atoms. The van der Waals surface area contributed by atoms with Crippen molar-refractivity contribution in [2.45, 2.75) is 6.42 Å². The maximum atomic E-state index is 5.46. The summed E-state index contributed by atoms with van der Waals surface area (Å²) in [6, 6.07) is 0. The van der Waals surface area contributed by atoms with Crippen LogP contribution in [0.2, 0.25) is 0 Å². The zero-order chi connectivity index (χ0) is 7.73. The summed E-state index contributed by atoms with van der Waals surface area (Å²) in [6.45, 7) is 3.36. The van der Waals surface area contributed by atoms with Crippen LogP contribution in [0, 0.1) is 11.3 Å². The molecule has 1 aliphatic heterocycles. The molecule has 11 heavy (non-hydrogen) atoms. The average molecular weight is 221 g/mol. The molecule has 2 rings (SSSR count). The Kier molecular flexibility index (Phi) is 2.21. The molecule has 1 saturated carbocycles. The van der Waals surface area contributed by atoms with Crippen molar-refractivity contribution in [1.29, 1.82) is 0 Å². The molecule has 1 atom stereocenters. The number of hydrogen-bond donors (Lipinski definition) is 0. The fourth-order valence-corrected chi connectivity index (χ4v) is 2.63. The quantitative estimate of drug-likeness (QED) is 0.623. The topological polar surface area (TPSA) is 18.5 Å². The Balaban J connectivity index is 1.92. The zero-order valence-electron chi connectivity index (χ0n) is 6.51. The van der Waals surface area contributed by atoms with Gasteiger partial charge in [-0.05, 0) is 12.3 Å². The van der Waals surface area contributed by atoms with E-state index in [2.05, 4.69) is 15.9 Å². The van der Waals surface area contributed by atoms with Gasteiger partial charge in [0.05, 0.1) is 26.4 Å². The molecular weight excluding hydrogens is 208 g/mol. The van der Waals surface area contributed by atoms with Gasteiger partial charge in [-0.25, -0.2) is 0 Å². The molecule has 0 radical (unpaired) electrons. The van der Waals surface area contributed by atoms with Crippen molar-refractivity contribution in [2.24, 2.45) is 11.3 Å². The lowest BCUT2D eigenvalue weighted by Crippen LogP contribution is -2.16. The van der Waals surface area contributed by atoms with Crippen LogP contribution in [0.3, 0.4) is 0 Å². The maximum Gasteiger partial charge on any atom is 0.0700 e. The molecule has 64 valence electrons. The number of halogens is 1. The van der Waals surface area contributed by atoms with Gasteiger partial charge >= 0.3 is 0 Å². The van der Waals surface area contributed by atoms with Crippen LogP contribution in [0.5, 0.6) is 0 Å². The largest absolute Gasteiger partial charge is 0.378 e. The third kappa shape index (κ3) is 1.46. The summed E-state index contributed by atoms with van der Waals surface area (Å²) in [4.78, 5) is 0. The standard InChI is InChI=1S/C8H13BrO2/c9-4-7-3-8(7)5-10-1-2-11-6-8/h7H,1-6H2. The third-order valence-electron chi connectivity index (χ3n) is 2.70. The van der Waals surface area contributed by atoms with Crippen LogP contribution in [0.1, 0.15) is 6.42 Å². The van der Waals surface area contributed by atoms with Crippen LogP contribution in [-0.2, 0) is 9.47 Å². The number of hydrogen-bond acceptors (Lipinski definition) is 2. The lowest BCUT2D eigenvalue weighted by molar-refractivity contribution is 0.103. The van der Waals surface area contributed by atoms with Crippen molar-refractivity contribution in [3.63, 3.8) is 0 Å². The normalized spacial score (nSPS) is 35.2. The minimum absolute atomic E-state index is 0.389. The summed E-state index contributed by atoms with van der Waals surface area (Å²) in [5.41, 5.74) is 0.389. The lowest BCUT2D eigenvalue weighted by atomic mass is 10.1. The van der Waals surface area contributed by atoms with Gasteiger partial charge in [-0.1, -0.05) is 15.9 Å². The lowest BCUT2D eigenvalue weighted by Gasteiger charge is -2.11. The van der Waals surface area contributed by atoms with Crippen molar-refractivity contribution in [3.8, 4) is 0 Å². The second-order valence-corrected chi connectivity index (χ2v) is 4.17. The molecule has 0 amide bonds. The Morgan fingerprint density at radius 2 is 1.91 bits per heavy atom. The van der Waals surface area contributed by atoms with E-state index in [0.717, 1.165) is 37.7 Å². The molecule has 1 unspecified atom stereocenters. The van der Waals surface area contributed by atoms with Gasteiger partial charge in [-0.3, -0.25) is 0 Å². The van der Waals surface area contributed by atoms with E-state index in [1.165, 1.54) is 6.42 Å². The first kappa shape index (κ1) is 8.02. The highest BCUT2D eigenvalue weighted by Gasteiger charge is 2.54. The Morgan fingerprint density at radius 1 is 1.27 bits per heavy atom. The van der Waals surface area contributed by atoms with Crippen LogP contribution in [0.25, 0.3) is 0 Å². The molecule has 1 saturated heterocycles. The SMILES string of the molecule is BrCC1CC12COCCOC2. The third-order valence-corrected chi connectivity index (χ3v) is 3.48. The van der Waals surface area contributed by atoms with Crippen LogP contribution < -0.4 is 0 Å². The second kappa shape index (κ2) is 3.04. The van der Waals surface area contributed by atoms with E-state index in [-0.39, 0.29) is 0 Å². The summed E-state index contributed by atoms with van der Waals surface area (Å²) in [6.07, 6.45) is 1.28. The van der Waals surface area contributed by atoms with Gasteiger partial charge in [-0.2, -0.15) is 0 Å². The first-order chi connectivity index (χ1) is 5.37. The van der Waals surface area contributed by atoms with Crippen molar-refractivity contribution in [2.75, 3.05) is 31.8 Å². The second-order valence-electron chi connectivity index (χ2n) is 3.52. The Labute approximate surface area is 75.4 Å². The predicted molar refractivity (Wildman–Crippen MR) is 46.0 cm³/mol. The van der Waals surface area contributed by atoms with Gasteiger partial charge < -0.3 is 9.47 Å². The highest BCUT2D eigenvalue weighted by Crippen LogP contribution is 2.54. The van der Waals surface area contributed by atoms with Gasteiger partial charge in [0.2, 0.25) is 0 Å². The molecular formula is C8H13BrO2. The summed E-state index contributed by atoms with van der Waals surface area (Å²) in [7, 11) is 0. The molecule has 2 fully saturated rings. The minimum Gasteiger partial charge on any atom is -0.378 e. The Morgan fingerprint density at radius 3 is 2.36 bits per heavy atom. The van der Waals surface area contributed by atoms with E-state index in [9.17, 15) is 0 Å². The molecule has 0 aromatic rings. The zero-order valence-corrected chi connectivity index (χ0v) is 8.10. The van der Waals surface area contributed by atoms with E-state index in [1.54, 1.807) is 0 Å². The highest BCUT2D eigenvalue weighted by molar-refractivity contribution is 9.09. The number of rotatable bonds is 1. The Hall–Kier alpha value is 0.400. The molecule has 1 aliphatic carbocycles. The fraction of sp³-hybridized carbons (Fsp3) is 1.00. The highest BCUT2D eigenvalue weighted by atomic mass is 79.9. The monoisotopic (exact) mass is 220 g/mol. The van der Waals surface area contributed by atoms with Crippen LogP contribution >= 0.6 is 15.9 Å². The van der Waals surface area contributed by atoms with Crippen molar-refractivity contribution in [3.05, 3.63) is 0 Å². The van der Waals surface area contributed by atoms with Gasteiger partial charge in [0.15, 0.2) is 0 Å². The van der Waals surface area contributed by atoms with Gasteiger partial charge in [0.25, 0.3) is 0 Å². The number of ether oxygens (including phenoxy) is 2. The van der Waals surface area contributed by atoms with Gasteiger partial charge in [0.1, 0.15) is 0 Å². The molecule has 0 N–H and O–H groups in total. The van der Waals surface area contributed by atoms with E-state index in [1.807, 2.05) is 0 Å². The summed E-state index contributed by atoms with van der Waals surface area (Å²) in [5.74, 6) is 0.792. The Bertz CT molecular complexity index is 141. The first-order valence-corrected chi connectivity index (χ1v) is 5.21. The van der Waals surface area contributed by atoms with Gasteiger partial charge in [-0.15, -0.1) is 0 Å². The van der Waals surface area contributed by atoms with Crippen molar-refractivity contribution < 1.29 is 9.47 Å². The molecule has 1 heterocycles. The van der Waals surface area contributed by atoms with Crippen LogP contribution in [-0.4, -0.2) is 31.8 Å². The maximum absolute atomic E-state index is 5.46. The first-order valence-electron chi connectivity index (χ1n) is 4.09. The molecule has 0 bridgehead atoms. The predicted octanol–water partition coefficient (Wildman–Crippen LogP) is 1.43. The van der Waals surface area contributed by atoms with E-state index in [4.69, 9.17) is 9.47 Å². The average Bonchev–Trinajstić information content (AvgIpc) is 2.76. The number of alkyl halides is 1. The molecule has 0 aromatic carbocycles. The summed E-state index contributed by atoms with van der Waals surface area (Å²) >= 11 is 3.50. The molecule has 3 heteroatoms.